The van der Waals surface area contributed by atoms with E-state index in [2.05, 4.69) is 20.4 Å². The van der Waals surface area contributed by atoms with Gasteiger partial charge in [-0.3, -0.25) is 9.78 Å². The van der Waals surface area contributed by atoms with Gasteiger partial charge in [0.05, 0.1) is 19.0 Å². The van der Waals surface area contributed by atoms with Gasteiger partial charge in [-0.05, 0) is 42.0 Å². The van der Waals surface area contributed by atoms with Gasteiger partial charge in [-0.15, -0.1) is 0 Å². The maximum atomic E-state index is 12.5. The van der Waals surface area contributed by atoms with Gasteiger partial charge in [0, 0.05) is 6.54 Å². The first-order chi connectivity index (χ1) is 16.2. The largest absolute Gasteiger partial charge is 0.493 e. The van der Waals surface area contributed by atoms with Gasteiger partial charge in [0.15, 0.2) is 17.1 Å². The monoisotopic (exact) mass is 439 g/mol. The highest BCUT2D eigenvalue weighted by atomic mass is 16.5. The number of para-hydroxylation sites is 3. The number of rotatable bonds is 7. The van der Waals surface area contributed by atoms with E-state index in [1.807, 2.05) is 78.9 Å². The minimum absolute atomic E-state index is 0.245. The van der Waals surface area contributed by atoms with Crippen molar-refractivity contribution in [1.29, 1.82) is 0 Å². The Kier molecular flexibility index (Phi) is 5.47. The van der Waals surface area contributed by atoms with Gasteiger partial charge in [-0.25, -0.2) is 4.68 Å². The van der Waals surface area contributed by atoms with E-state index in [0.29, 0.717) is 40.8 Å². The zero-order valence-corrected chi connectivity index (χ0v) is 17.9. The van der Waals surface area contributed by atoms with Crippen molar-refractivity contribution < 1.29 is 9.47 Å². The average Bonchev–Trinajstić information content (AvgIpc) is 3.29. The van der Waals surface area contributed by atoms with E-state index in [-0.39, 0.29) is 5.56 Å². The van der Waals surface area contributed by atoms with Crippen LogP contribution in [0.25, 0.3) is 16.7 Å². The number of nitrogens with zero attached hydrogens (tertiary/aromatic N) is 3. The second-order valence-electron chi connectivity index (χ2n) is 7.29. The van der Waals surface area contributed by atoms with Crippen LogP contribution in [-0.4, -0.2) is 26.9 Å². The number of H-pyrrole nitrogens is 1. The SMILES string of the molecule is COc1ccccc1Oc1ccc(CNc2nc3c(cnn3-c3ccccc3)c(=O)[nH]2)cc1. The lowest BCUT2D eigenvalue weighted by Crippen LogP contribution is -2.13. The predicted molar refractivity (Wildman–Crippen MR) is 126 cm³/mol. The predicted octanol–water partition coefficient (Wildman–Crippen LogP) is 4.52. The Bertz CT molecular complexity index is 1440. The molecule has 0 amide bonds. The Hall–Kier alpha value is -4.59. The molecule has 8 nitrogen and oxygen atoms in total. The summed E-state index contributed by atoms with van der Waals surface area (Å²) in [5, 5.41) is 7.94. The summed E-state index contributed by atoms with van der Waals surface area (Å²) in [6, 6.07) is 24.7. The molecule has 5 rings (SSSR count). The summed E-state index contributed by atoms with van der Waals surface area (Å²) in [5.41, 5.74) is 2.09. The van der Waals surface area contributed by atoms with Gasteiger partial charge in [0.25, 0.3) is 5.56 Å². The highest BCUT2D eigenvalue weighted by Gasteiger charge is 2.11. The molecule has 0 aliphatic rings. The van der Waals surface area contributed by atoms with Crippen molar-refractivity contribution >= 4 is 17.0 Å². The number of fused-ring (bicyclic) bond motifs is 1. The summed E-state index contributed by atoms with van der Waals surface area (Å²) in [6.45, 7) is 0.475. The minimum atomic E-state index is -0.245. The van der Waals surface area contributed by atoms with Gasteiger partial charge in [-0.2, -0.15) is 10.1 Å². The highest BCUT2D eigenvalue weighted by Crippen LogP contribution is 2.30. The lowest BCUT2D eigenvalue weighted by Gasteiger charge is -2.11. The lowest BCUT2D eigenvalue weighted by atomic mass is 10.2. The van der Waals surface area contributed by atoms with Gasteiger partial charge in [0.1, 0.15) is 11.1 Å². The van der Waals surface area contributed by atoms with E-state index in [4.69, 9.17) is 9.47 Å². The van der Waals surface area contributed by atoms with Crippen molar-refractivity contribution in [3.63, 3.8) is 0 Å². The number of hydrogen-bond donors (Lipinski definition) is 2. The molecule has 5 aromatic rings. The van der Waals surface area contributed by atoms with Gasteiger partial charge < -0.3 is 14.8 Å². The number of anilines is 1. The number of benzene rings is 3. The van der Waals surface area contributed by atoms with Crippen LogP contribution in [0.3, 0.4) is 0 Å². The molecule has 33 heavy (non-hydrogen) atoms. The van der Waals surface area contributed by atoms with E-state index >= 15 is 0 Å². The zero-order chi connectivity index (χ0) is 22.6. The molecule has 2 aromatic heterocycles. The maximum absolute atomic E-state index is 12.5. The summed E-state index contributed by atoms with van der Waals surface area (Å²) >= 11 is 0. The summed E-state index contributed by atoms with van der Waals surface area (Å²) in [5.74, 6) is 2.39. The molecule has 0 radical (unpaired) electrons. The van der Waals surface area contributed by atoms with Crippen molar-refractivity contribution in [3.8, 4) is 22.9 Å². The molecule has 0 saturated heterocycles. The molecule has 0 bridgehead atoms. The van der Waals surface area contributed by atoms with Crippen LogP contribution in [0.15, 0.2) is 89.9 Å². The number of hydrogen-bond acceptors (Lipinski definition) is 6. The molecular weight excluding hydrogens is 418 g/mol. The molecule has 0 fully saturated rings. The van der Waals surface area contributed by atoms with Crippen LogP contribution in [0.4, 0.5) is 5.95 Å². The normalized spacial score (nSPS) is 10.8. The number of aromatic amines is 1. The third-order valence-electron chi connectivity index (χ3n) is 5.12. The second-order valence-corrected chi connectivity index (χ2v) is 7.29. The Morgan fingerprint density at radius 3 is 2.42 bits per heavy atom. The van der Waals surface area contributed by atoms with E-state index < -0.39 is 0 Å². The molecule has 0 atom stereocenters. The maximum Gasteiger partial charge on any atom is 0.263 e. The van der Waals surface area contributed by atoms with Gasteiger partial charge in [0.2, 0.25) is 5.95 Å². The number of methoxy groups -OCH3 is 1. The molecule has 0 aliphatic heterocycles. The smallest absolute Gasteiger partial charge is 0.263 e. The van der Waals surface area contributed by atoms with Crippen LogP contribution in [0.1, 0.15) is 5.56 Å². The lowest BCUT2D eigenvalue weighted by molar-refractivity contribution is 0.379. The van der Waals surface area contributed by atoms with Crippen LogP contribution < -0.4 is 20.3 Å². The van der Waals surface area contributed by atoms with Crippen molar-refractivity contribution in [3.05, 3.63) is 101 Å². The van der Waals surface area contributed by atoms with Crippen LogP contribution in [-0.2, 0) is 6.54 Å². The second kappa shape index (κ2) is 8.88. The van der Waals surface area contributed by atoms with Crippen LogP contribution in [0, 0.1) is 0 Å². The van der Waals surface area contributed by atoms with Crippen molar-refractivity contribution in [1.82, 2.24) is 19.7 Å². The zero-order valence-electron chi connectivity index (χ0n) is 17.9. The number of aromatic nitrogens is 4. The summed E-state index contributed by atoms with van der Waals surface area (Å²) in [4.78, 5) is 19.9. The highest BCUT2D eigenvalue weighted by molar-refractivity contribution is 5.76. The average molecular weight is 439 g/mol. The van der Waals surface area contributed by atoms with Crippen molar-refractivity contribution in [2.24, 2.45) is 0 Å². The summed E-state index contributed by atoms with van der Waals surface area (Å²) < 4.78 is 12.9. The van der Waals surface area contributed by atoms with Crippen LogP contribution >= 0.6 is 0 Å². The van der Waals surface area contributed by atoms with E-state index in [1.165, 1.54) is 6.20 Å². The fourth-order valence-corrected chi connectivity index (χ4v) is 3.45. The Morgan fingerprint density at radius 2 is 1.67 bits per heavy atom. The van der Waals surface area contributed by atoms with Gasteiger partial charge in [-0.1, -0.05) is 42.5 Å². The topological polar surface area (TPSA) is 94.1 Å². The minimum Gasteiger partial charge on any atom is -0.493 e. The molecule has 0 saturated carbocycles. The van der Waals surface area contributed by atoms with Crippen LogP contribution in [0.2, 0.25) is 0 Å². The molecular formula is C25H21N5O3. The molecule has 164 valence electrons. The third-order valence-corrected chi connectivity index (χ3v) is 5.12. The van der Waals surface area contributed by atoms with Crippen LogP contribution in [0.5, 0.6) is 17.2 Å². The van der Waals surface area contributed by atoms with Gasteiger partial charge >= 0.3 is 0 Å². The fraction of sp³-hybridized carbons (Fsp3) is 0.0800. The first kappa shape index (κ1) is 20.3. The quantitative estimate of drug-likeness (QED) is 0.387. The Balaban J connectivity index is 1.32. The third kappa shape index (κ3) is 4.27. The first-order valence-electron chi connectivity index (χ1n) is 10.4. The molecule has 0 aliphatic carbocycles. The summed E-state index contributed by atoms with van der Waals surface area (Å²) in [7, 11) is 1.61. The van der Waals surface area contributed by atoms with E-state index in [1.54, 1.807) is 11.8 Å². The molecule has 3 aromatic carbocycles. The standard InChI is InChI=1S/C25H21N5O3/c1-32-21-9-5-6-10-22(21)33-19-13-11-17(12-14-19)15-26-25-28-23-20(24(31)29-25)16-27-30(23)18-7-3-2-4-8-18/h2-14,16H,15H2,1H3,(H2,26,28,29,31). The van der Waals surface area contributed by atoms with Crippen molar-refractivity contribution in [2.75, 3.05) is 12.4 Å². The molecule has 0 spiro atoms. The number of ether oxygens (including phenoxy) is 2. The first-order valence-corrected chi connectivity index (χ1v) is 10.4. The van der Waals surface area contributed by atoms with E-state index in [0.717, 1.165) is 11.3 Å². The molecule has 0 unspecified atom stereocenters. The Morgan fingerprint density at radius 1 is 0.939 bits per heavy atom. The van der Waals surface area contributed by atoms with Crippen molar-refractivity contribution in [2.45, 2.75) is 6.54 Å². The van der Waals surface area contributed by atoms with E-state index in [9.17, 15) is 4.79 Å². The molecule has 2 N–H and O–H groups in total. The molecule has 2 heterocycles. The Labute approximate surface area is 189 Å². The fourth-order valence-electron chi connectivity index (χ4n) is 3.45. The molecule has 8 heteroatoms. The number of nitrogens with one attached hydrogen (secondary N) is 2. The summed E-state index contributed by atoms with van der Waals surface area (Å²) in [6.07, 6.45) is 1.53.